The molecule has 0 atom stereocenters. The third kappa shape index (κ3) is 3.67. The molecule has 1 aliphatic rings. The molecule has 1 saturated heterocycles. The molecule has 0 bridgehead atoms. The smallest absolute Gasteiger partial charge is 0.0949 e. The Morgan fingerprint density at radius 2 is 2.09 bits per heavy atom. The van der Waals surface area contributed by atoms with Crippen LogP contribution in [-0.4, -0.2) is 51.3 Å². The van der Waals surface area contributed by atoms with Gasteiger partial charge in [0.25, 0.3) is 0 Å². The maximum atomic E-state index is 4.77. The highest BCUT2D eigenvalue weighted by Gasteiger charge is 2.07. The zero-order valence-corrected chi connectivity index (χ0v) is 7.01. The van der Waals surface area contributed by atoms with Crippen molar-refractivity contribution in [1.82, 2.24) is 10.2 Å². The van der Waals surface area contributed by atoms with Gasteiger partial charge in [-0.05, 0) is 0 Å². The molecule has 4 heteroatoms. The molecule has 0 aromatic heterocycles. The van der Waals surface area contributed by atoms with Crippen molar-refractivity contribution in [1.29, 1.82) is 0 Å². The zero-order valence-electron chi connectivity index (χ0n) is 7.01. The number of hydrogen-bond acceptors (Lipinski definition) is 4. The second-order valence-electron chi connectivity index (χ2n) is 2.58. The zero-order chi connectivity index (χ0) is 7.94. The molecule has 0 radical (unpaired) electrons. The van der Waals surface area contributed by atoms with Gasteiger partial charge in [0.1, 0.15) is 0 Å². The molecule has 1 N–H and O–H groups in total. The van der Waals surface area contributed by atoms with Crippen LogP contribution in [-0.2, 0) is 9.78 Å². The van der Waals surface area contributed by atoms with Gasteiger partial charge in [0.2, 0.25) is 0 Å². The highest BCUT2D eigenvalue weighted by molar-refractivity contribution is 4.66. The van der Waals surface area contributed by atoms with Crippen LogP contribution in [0.3, 0.4) is 0 Å². The monoisotopic (exact) mass is 160 g/mol. The summed E-state index contributed by atoms with van der Waals surface area (Å²) in [4.78, 5) is 11.6. The van der Waals surface area contributed by atoms with Crippen LogP contribution in [0.25, 0.3) is 0 Å². The fourth-order valence-electron chi connectivity index (χ4n) is 1.18. The van der Waals surface area contributed by atoms with Gasteiger partial charge in [0.15, 0.2) is 0 Å². The molecule has 0 amide bonds. The molecule has 11 heavy (non-hydrogen) atoms. The lowest BCUT2D eigenvalue weighted by Gasteiger charge is -2.26. The summed E-state index contributed by atoms with van der Waals surface area (Å²) in [5.74, 6) is 0. The topological polar surface area (TPSA) is 33.7 Å². The third-order valence-corrected chi connectivity index (χ3v) is 1.82. The Morgan fingerprint density at radius 1 is 1.36 bits per heavy atom. The van der Waals surface area contributed by atoms with Crippen molar-refractivity contribution in [3.8, 4) is 0 Å². The summed E-state index contributed by atoms with van der Waals surface area (Å²) >= 11 is 0. The molecule has 0 spiro atoms. The van der Waals surface area contributed by atoms with Gasteiger partial charge in [-0.3, -0.25) is 4.90 Å². The van der Waals surface area contributed by atoms with Gasteiger partial charge < -0.3 is 5.32 Å². The largest absolute Gasteiger partial charge is 0.314 e. The number of rotatable bonds is 4. The molecule has 0 unspecified atom stereocenters. The van der Waals surface area contributed by atoms with E-state index in [1.807, 2.05) is 0 Å². The summed E-state index contributed by atoms with van der Waals surface area (Å²) in [6, 6.07) is 0. The number of nitrogens with zero attached hydrogens (tertiary/aromatic N) is 1. The molecule has 4 nitrogen and oxygen atoms in total. The Bertz CT molecular complexity index is 94.4. The van der Waals surface area contributed by atoms with Gasteiger partial charge in [-0.2, -0.15) is 0 Å². The van der Waals surface area contributed by atoms with Crippen molar-refractivity contribution in [2.45, 2.75) is 0 Å². The summed E-state index contributed by atoms with van der Waals surface area (Å²) in [6.45, 7) is 6.05. The lowest BCUT2D eigenvalue weighted by molar-refractivity contribution is -0.273. The van der Waals surface area contributed by atoms with E-state index >= 15 is 0 Å². The SMILES string of the molecule is COOCCN1CCNCC1. The van der Waals surface area contributed by atoms with Crippen LogP contribution in [0.15, 0.2) is 0 Å². The molecule has 1 heterocycles. The Morgan fingerprint density at radius 3 is 2.73 bits per heavy atom. The molecule has 0 aromatic rings. The second kappa shape index (κ2) is 5.49. The van der Waals surface area contributed by atoms with Crippen LogP contribution in [0.4, 0.5) is 0 Å². The van der Waals surface area contributed by atoms with Crippen molar-refractivity contribution in [2.24, 2.45) is 0 Å². The molecule has 1 fully saturated rings. The molecular weight excluding hydrogens is 144 g/mol. The summed E-state index contributed by atoms with van der Waals surface area (Å²) < 4.78 is 0. The minimum atomic E-state index is 0.663. The van der Waals surface area contributed by atoms with Crippen molar-refractivity contribution in [2.75, 3.05) is 46.4 Å². The Kier molecular flexibility index (Phi) is 4.45. The fourth-order valence-corrected chi connectivity index (χ4v) is 1.18. The molecule has 0 aliphatic carbocycles. The second-order valence-corrected chi connectivity index (χ2v) is 2.58. The first kappa shape index (κ1) is 8.93. The third-order valence-electron chi connectivity index (χ3n) is 1.82. The van der Waals surface area contributed by atoms with Gasteiger partial charge in [-0.15, -0.1) is 0 Å². The van der Waals surface area contributed by atoms with E-state index in [4.69, 9.17) is 4.89 Å². The predicted molar refractivity (Wildman–Crippen MR) is 42.3 cm³/mol. The minimum absolute atomic E-state index is 0.663. The first-order valence-electron chi connectivity index (χ1n) is 4.02. The first-order valence-corrected chi connectivity index (χ1v) is 4.02. The van der Waals surface area contributed by atoms with E-state index in [1.54, 1.807) is 0 Å². The number of hydrogen-bond donors (Lipinski definition) is 1. The van der Waals surface area contributed by atoms with Crippen molar-refractivity contribution in [3.63, 3.8) is 0 Å². The van der Waals surface area contributed by atoms with Gasteiger partial charge in [-0.1, -0.05) is 0 Å². The van der Waals surface area contributed by atoms with Crippen LogP contribution < -0.4 is 5.32 Å². The normalized spacial score (nSPS) is 20.5. The van der Waals surface area contributed by atoms with Crippen LogP contribution in [0, 0.1) is 0 Å². The van der Waals surface area contributed by atoms with Gasteiger partial charge >= 0.3 is 0 Å². The molecule has 0 saturated carbocycles. The van der Waals surface area contributed by atoms with Gasteiger partial charge in [0.05, 0.1) is 13.7 Å². The standard InChI is InChI=1S/C7H16N2O2/c1-10-11-7-6-9-4-2-8-3-5-9/h8H,2-7H2,1H3. The lowest BCUT2D eigenvalue weighted by Crippen LogP contribution is -2.44. The van der Waals surface area contributed by atoms with E-state index in [0.717, 1.165) is 32.7 Å². The van der Waals surface area contributed by atoms with Crippen molar-refractivity contribution in [3.05, 3.63) is 0 Å². The summed E-state index contributed by atoms with van der Waals surface area (Å²) in [5, 5.41) is 3.29. The van der Waals surface area contributed by atoms with Gasteiger partial charge in [-0.25, -0.2) is 9.78 Å². The van der Waals surface area contributed by atoms with E-state index < -0.39 is 0 Å². The van der Waals surface area contributed by atoms with Gasteiger partial charge in [0, 0.05) is 32.7 Å². The highest BCUT2D eigenvalue weighted by Crippen LogP contribution is 1.91. The number of nitrogens with one attached hydrogen (secondary N) is 1. The first-order chi connectivity index (χ1) is 5.43. The predicted octanol–water partition coefficient (Wildman–Crippen LogP) is -0.530. The Hall–Kier alpha value is -0.160. The van der Waals surface area contributed by atoms with Crippen LogP contribution in [0.1, 0.15) is 0 Å². The Labute approximate surface area is 67.4 Å². The van der Waals surface area contributed by atoms with E-state index in [-0.39, 0.29) is 0 Å². The fraction of sp³-hybridized carbons (Fsp3) is 1.00. The van der Waals surface area contributed by atoms with Crippen LogP contribution in [0.2, 0.25) is 0 Å². The molecule has 66 valence electrons. The van der Waals surface area contributed by atoms with Crippen LogP contribution >= 0.6 is 0 Å². The average Bonchev–Trinajstić information content (AvgIpc) is 2.07. The molecule has 1 rings (SSSR count). The molecular formula is C7H16N2O2. The minimum Gasteiger partial charge on any atom is -0.314 e. The van der Waals surface area contributed by atoms with E-state index in [9.17, 15) is 0 Å². The summed E-state index contributed by atoms with van der Waals surface area (Å²) in [5.41, 5.74) is 0. The molecule has 0 aromatic carbocycles. The number of piperazine rings is 1. The Balaban J connectivity index is 1.96. The maximum absolute atomic E-state index is 4.77. The summed E-state index contributed by atoms with van der Waals surface area (Å²) in [7, 11) is 1.54. The highest BCUT2D eigenvalue weighted by atomic mass is 17.2. The van der Waals surface area contributed by atoms with Crippen molar-refractivity contribution >= 4 is 0 Å². The van der Waals surface area contributed by atoms with E-state index in [2.05, 4.69) is 15.1 Å². The molecule has 1 aliphatic heterocycles. The lowest BCUT2D eigenvalue weighted by atomic mass is 10.4. The van der Waals surface area contributed by atoms with E-state index in [1.165, 1.54) is 7.11 Å². The van der Waals surface area contributed by atoms with Crippen molar-refractivity contribution < 1.29 is 9.78 Å². The quantitative estimate of drug-likeness (QED) is 0.340. The average molecular weight is 160 g/mol. The van der Waals surface area contributed by atoms with Crippen LogP contribution in [0.5, 0.6) is 0 Å². The van der Waals surface area contributed by atoms with E-state index in [0.29, 0.717) is 6.61 Å². The summed E-state index contributed by atoms with van der Waals surface area (Å²) in [6.07, 6.45) is 0. The maximum Gasteiger partial charge on any atom is 0.0949 e.